The fourth-order valence-electron chi connectivity index (χ4n) is 3.95. The second-order valence-corrected chi connectivity index (χ2v) is 8.62. The topological polar surface area (TPSA) is 77.1 Å². The molecule has 172 valence electrons. The van der Waals surface area contributed by atoms with Gasteiger partial charge in [0, 0.05) is 38.4 Å². The van der Waals surface area contributed by atoms with Crippen molar-refractivity contribution in [1.29, 1.82) is 0 Å². The van der Waals surface area contributed by atoms with Crippen LogP contribution in [0.25, 0.3) is 0 Å². The second kappa shape index (κ2) is 11.5. The molecule has 1 aliphatic rings. The van der Waals surface area contributed by atoms with E-state index in [1.165, 1.54) is 0 Å². The average molecular weight is 432 g/mol. The summed E-state index contributed by atoms with van der Waals surface area (Å²) in [6, 6.07) is 8.03. The predicted octanol–water partition coefficient (Wildman–Crippen LogP) is 1.74. The summed E-state index contributed by atoms with van der Waals surface area (Å²) >= 11 is 0. The van der Waals surface area contributed by atoms with Gasteiger partial charge >= 0.3 is 0 Å². The molecule has 2 heterocycles. The molecule has 31 heavy (non-hydrogen) atoms. The minimum atomic E-state index is -0.539. The number of H-pyrrole nitrogens is 1. The number of aromatic amines is 1. The van der Waals surface area contributed by atoms with Crippen LogP contribution in [-0.2, 0) is 13.1 Å². The molecule has 1 aliphatic heterocycles. The minimum absolute atomic E-state index is 0.245. The monoisotopic (exact) mass is 431 g/mol. The maximum Gasteiger partial charge on any atom is 0.161 e. The van der Waals surface area contributed by atoms with E-state index in [-0.39, 0.29) is 6.61 Å². The molecule has 0 amide bonds. The van der Waals surface area contributed by atoms with Crippen LogP contribution in [0.4, 0.5) is 0 Å². The number of benzene rings is 1. The summed E-state index contributed by atoms with van der Waals surface area (Å²) in [4.78, 5) is 6.85. The van der Waals surface area contributed by atoms with Crippen molar-refractivity contribution in [3.8, 4) is 11.5 Å². The molecular weight excluding hydrogens is 394 g/mol. The Bertz CT molecular complexity index is 812. The van der Waals surface area contributed by atoms with Crippen LogP contribution in [0.2, 0.25) is 0 Å². The molecular formula is C23H37N5O3. The van der Waals surface area contributed by atoms with E-state index in [0.29, 0.717) is 18.0 Å². The van der Waals surface area contributed by atoms with Crippen molar-refractivity contribution < 1.29 is 14.6 Å². The molecule has 1 unspecified atom stereocenters. The number of rotatable bonds is 10. The van der Waals surface area contributed by atoms with Crippen molar-refractivity contribution in [2.24, 2.45) is 0 Å². The molecule has 8 heteroatoms. The fraction of sp³-hybridized carbons (Fsp3) is 0.609. The molecule has 8 nitrogen and oxygen atoms in total. The van der Waals surface area contributed by atoms with Gasteiger partial charge in [-0.05, 0) is 64.3 Å². The lowest BCUT2D eigenvalue weighted by atomic mass is 10.2. The molecule has 2 aromatic rings. The maximum absolute atomic E-state index is 10.5. The highest BCUT2D eigenvalue weighted by molar-refractivity contribution is 5.43. The van der Waals surface area contributed by atoms with Gasteiger partial charge in [0.2, 0.25) is 0 Å². The molecule has 1 aromatic heterocycles. The van der Waals surface area contributed by atoms with E-state index < -0.39 is 6.10 Å². The van der Waals surface area contributed by atoms with Gasteiger partial charge in [0.1, 0.15) is 12.7 Å². The average Bonchev–Trinajstić information content (AvgIpc) is 3.03. The van der Waals surface area contributed by atoms with Crippen molar-refractivity contribution in [1.82, 2.24) is 24.9 Å². The van der Waals surface area contributed by atoms with Gasteiger partial charge in [-0.2, -0.15) is 5.10 Å². The number of aliphatic hydroxyl groups excluding tert-OH is 1. The number of methoxy groups -OCH3 is 1. The third kappa shape index (κ3) is 7.50. The minimum Gasteiger partial charge on any atom is -0.493 e. The summed E-state index contributed by atoms with van der Waals surface area (Å²) in [5, 5.41) is 17.8. The molecule has 0 spiro atoms. The van der Waals surface area contributed by atoms with E-state index >= 15 is 0 Å². The number of hydrogen-bond acceptors (Lipinski definition) is 7. The van der Waals surface area contributed by atoms with Crippen molar-refractivity contribution in [3.63, 3.8) is 0 Å². The molecule has 1 saturated heterocycles. The molecule has 0 aliphatic carbocycles. The summed E-state index contributed by atoms with van der Waals surface area (Å²) < 4.78 is 11.4. The zero-order chi connectivity index (χ0) is 22.2. The van der Waals surface area contributed by atoms with E-state index in [2.05, 4.69) is 45.1 Å². The Labute approximate surface area is 185 Å². The third-order valence-corrected chi connectivity index (χ3v) is 5.58. The van der Waals surface area contributed by atoms with E-state index in [4.69, 9.17) is 9.47 Å². The number of β-amino-alcohol motifs (C(OH)–C–C–N with tert-alkyl or cyclic N) is 1. The first-order chi connectivity index (χ1) is 14.9. The van der Waals surface area contributed by atoms with Crippen LogP contribution in [0.3, 0.4) is 0 Å². The van der Waals surface area contributed by atoms with Crippen LogP contribution in [0.5, 0.6) is 11.5 Å². The Morgan fingerprint density at radius 1 is 1.16 bits per heavy atom. The lowest BCUT2D eigenvalue weighted by Gasteiger charge is -2.24. The Balaban J connectivity index is 1.53. The summed E-state index contributed by atoms with van der Waals surface area (Å²) in [5.74, 6) is 1.34. The zero-order valence-electron chi connectivity index (χ0n) is 19.3. The van der Waals surface area contributed by atoms with Crippen LogP contribution in [0.15, 0.2) is 24.3 Å². The number of ether oxygens (including phenoxy) is 2. The summed E-state index contributed by atoms with van der Waals surface area (Å²) in [6.07, 6.45) is 0.591. The predicted molar refractivity (Wildman–Crippen MR) is 122 cm³/mol. The van der Waals surface area contributed by atoms with E-state index in [0.717, 1.165) is 62.6 Å². The molecule has 1 atom stereocenters. The quantitative estimate of drug-likeness (QED) is 0.593. The van der Waals surface area contributed by atoms with Gasteiger partial charge in [-0.3, -0.25) is 14.9 Å². The lowest BCUT2D eigenvalue weighted by Crippen LogP contribution is -2.37. The number of nitrogens with one attached hydrogen (secondary N) is 1. The van der Waals surface area contributed by atoms with Gasteiger partial charge in [0.25, 0.3) is 0 Å². The number of aliphatic hydroxyl groups is 1. The van der Waals surface area contributed by atoms with Crippen molar-refractivity contribution in [2.75, 3.05) is 60.5 Å². The molecule has 1 aromatic carbocycles. The standard InChI is InChI=1S/C23H37N5O3/c1-18-12-20(25-24-18)15-27(3)14-19-6-7-22(30-4)23(13-19)31-17-21(29)16-28-9-5-8-26(2)10-11-28/h6-7,12-13,21,29H,5,8-11,14-17H2,1-4H3,(H,24,25). The molecule has 3 rings (SSSR count). The Morgan fingerprint density at radius 3 is 2.74 bits per heavy atom. The van der Waals surface area contributed by atoms with Crippen molar-refractivity contribution in [2.45, 2.75) is 32.5 Å². The molecule has 0 radical (unpaired) electrons. The highest BCUT2D eigenvalue weighted by Crippen LogP contribution is 2.29. The summed E-state index contributed by atoms with van der Waals surface area (Å²) in [5.41, 5.74) is 3.21. The zero-order valence-corrected chi connectivity index (χ0v) is 19.3. The van der Waals surface area contributed by atoms with Crippen molar-refractivity contribution >= 4 is 0 Å². The number of aryl methyl sites for hydroxylation is 1. The highest BCUT2D eigenvalue weighted by Gasteiger charge is 2.17. The number of nitrogens with zero attached hydrogens (tertiary/aromatic N) is 4. The largest absolute Gasteiger partial charge is 0.493 e. The van der Waals surface area contributed by atoms with Gasteiger partial charge < -0.3 is 19.5 Å². The van der Waals surface area contributed by atoms with Crippen LogP contribution >= 0.6 is 0 Å². The maximum atomic E-state index is 10.5. The second-order valence-electron chi connectivity index (χ2n) is 8.62. The van der Waals surface area contributed by atoms with Gasteiger partial charge in [-0.25, -0.2) is 0 Å². The Kier molecular flexibility index (Phi) is 8.71. The van der Waals surface area contributed by atoms with Gasteiger partial charge in [0.05, 0.1) is 12.8 Å². The molecule has 0 bridgehead atoms. The van der Waals surface area contributed by atoms with Crippen LogP contribution < -0.4 is 9.47 Å². The summed E-state index contributed by atoms with van der Waals surface area (Å²) in [7, 11) is 5.85. The first-order valence-corrected chi connectivity index (χ1v) is 11.0. The molecule has 0 saturated carbocycles. The first kappa shape index (κ1) is 23.5. The van der Waals surface area contributed by atoms with E-state index in [9.17, 15) is 5.11 Å². The highest BCUT2D eigenvalue weighted by atomic mass is 16.5. The number of aromatic nitrogens is 2. The summed E-state index contributed by atoms with van der Waals surface area (Å²) in [6.45, 7) is 8.54. The van der Waals surface area contributed by atoms with Crippen LogP contribution in [0.1, 0.15) is 23.4 Å². The van der Waals surface area contributed by atoms with Gasteiger partial charge in [0.15, 0.2) is 11.5 Å². The lowest BCUT2D eigenvalue weighted by molar-refractivity contribution is 0.0685. The van der Waals surface area contributed by atoms with Crippen LogP contribution in [0, 0.1) is 6.92 Å². The van der Waals surface area contributed by atoms with E-state index in [1.807, 2.05) is 25.1 Å². The Hall–Kier alpha value is -2.13. The van der Waals surface area contributed by atoms with Gasteiger partial charge in [-0.1, -0.05) is 6.07 Å². The molecule has 1 fully saturated rings. The van der Waals surface area contributed by atoms with Crippen molar-refractivity contribution in [3.05, 3.63) is 41.2 Å². The first-order valence-electron chi connectivity index (χ1n) is 11.0. The third-order valence-electron chi connectivity index (χ3n) is 5.58. The number of likely N-dealkylation sites (N-methyl/N-ethyl adjacent to an activating group) is 1. The van der Waals surface area contributed by atoms with Crippen LogP contribution in [-0.4, -0.2) is 96.6 Å². The van der Waals surface area contributed by atoms with E-state index in [1.54, 1.807) is 7.11 Å². The van der Waals surface area contributed by atoms with Gasteiger partial charge in [-0.15, -0.1) is 0 Å². The number of hydrogen-bond donors (Lipinski definition) is 2. The SMILES string of the molecule is COc1ccc(CN(C)Cc2cc(C)[nH]n2)cc1OCC(O)CN1CCCN(C)CC1. The normalized spacial score (nSPS) is 17.0. The Morgan fingerprint density at radius 2 is 2.00 bits per heavy atom. The fourth-order valence-corrected chi connectivity index (χ4v) is 3.95. The smallest absolute Gasteiger partial charge is 0.161 e. The molecule has 2 N–H and O–H groups in total.